The summed E-state index contributed by atoms with van der Waals surface area (Å²) in [6.07, 6.45) is 7.89. The minimum Gasteiger partial charge on any atom is -0.343 e. The lowest BCUT2D eigenvalue weighted by Gasteiger charge is -2.01. The van der Waals surface area contributed by atoms with Gasteiger partial charge in [-0.3, -0.25) is 0 Å². The summed E-state index contributed by atoms with van der Waals surface area (Å²) in [5.41, 5.74) is 5.49. The Hall–Kier alpha value is -1.76. The van der Waals surface area contributed by atoms with Gasteiger partial charge >= 0.3 is 0 Å². The van der Waals surface area contributed by atoms with Crippen molar-refractivity contribution in [3.8, 4) is 0 Å². The Labute approximate surface area is 116 Å². The molecule has 0 spiro atoms. The van der Waals surface area contributed by atoms with Crippen LogP contribution in [-0.2, 0) is 13.0 Å². The van der Waals surface area contributed by atoms with E-state index in [-0.39, 0.29) is 0 Å². The van der Waals surface area contributed by atoms with Gasteiger partial charge in [-0.25, -0.2) is 0 Å². The van der Waals surface area contributed by atoms with Crippen LogP contribution in [0.15, 0.2) is 53.8 Å². The van der Waals surface area contributed by atoms with Gasteiger partial charge in [0.15, 0.2) is 0 Å². The first-order valence-corrected chi connectivity index (χ1v) is 6.91. The van der Waals surface area contributed by atoms with Crippen molar-refractivity contribution in [2.24, 2.45) is 0 Å². The number of allylic oxidation sites excluding steroid dienone is 4. The molecule has 0 atom stereocenters. The lowest BCUT2D eigenvalue weighted by molar-refractivity contribution is 0.851. The first kappa shape index (κ1) is 13.7. The largest absolute Gasteiger partial charge is 0.343 e. The number of fused-ring (bicyclic) bond motifs is 1. The zero-order valence-corrected chi connectivity index (χ0v) is 12.4. The standard InChI is InChI=1S/C18H23N/c1-14(2)9-10-16-13-19(12-11-15(3)4)18-8-6-5-7-17(16)18/h5-9,11,13H,10,12H2,1-4H3. The van der Waals surface area contributed by atoms with Gasteiger partial charge in [-0.15, -0.1) is 0 Å². The van der Waals surface area contributed by atoms with E-state index in [9.17, 15) is 0 Å². The van der Waals surface area contributed by atoms with E-state index in [4.69, 9.17) is 0 Å². The minimum absolute atomic E-state index is 0.956. The average Bonchev–Trinajstić information content (AvgIpc) is 2.72. The Kier molecular flexibility index (Phi) is 4.26. The lowest BCUT2D eigenvalue weighted by atomic mass is 10.1. The molecule has 0 saturated heterocycles. The lowest BCUT2D eigenvalue weighted by Crippen LogP contribution is -1.92. The molecule has 0 amide bonds. The third-order valence-electron chi connectivity index (χ3n) is 3.30. The molecular formula is C18H23N. The van der Waals surface area contributed by atoms with Gasteiger partial charge in [-0.2, -0.15) is 0 Å². The number of hydrogen-bond donors (Lipinski definition) is 0. The maximum Gasteiger partial charge on any atom is 0.0486 e. The van der Waals surface area contributed by atoms with Crippen molar-refractivity contribution in [2.45, 2.75) is 40.7 Å². The van der Waals surface area contributed by atoms with Gasteiger partial charge in [-0.1, -0.05) is 41.5 Å². The van der Waals surface area contributed by atoms with Crippen LogP contribution in [0.5, 0.6) is 0 Å². The Morgan fingerprint density at radius 2 is 1.68 bits per heavy atom. The topological polar surface area (TPSA) is 4.93 Å². The summed E-state index contributed by atoms with van der Waals surface area (Å²) in [7, 11) is 0. The number of rotatable bonds is 4. The molecule has 0 fully saturated rings. The van der Waals surface area contributed by atoms with Crippen LogP contribution in [0.4, 0.5) is 0 Å². The Morgan fingerprint density at radius 3 is 2.37 bits per heavy atom. The van der Waals surface area contributed by atoms with Crippen molar-refractivity contribution in [3.63, 3.8) is 0 Å². The summed E-state index contributed by atoms with van der Waals surface area (Å²) >= 11 is 0. The molecule has 0 radical (unpaired) electrons. The van der Waals surface area contributed by atoms with E-state index in [1.165, 1.54) is 27.6 Å². The van der Waals surface area contributed by atoms with E-state index in [0.29, 0.717) is 0 Å². The molecule has 0 aliphatic heterocycles. The second kappa shape index (κ2) is 5.92. The molecule has 2 rings (SSSR count). The molecule has 1 heterocycles. The maximum atomic E-state index is 2.34. The van der Waals surface area contributed by atoms with E-state index in [1.807, 2.05) is 0 Å². The van der Waals surface area contributed by atoms with E-state index in [2.05, 4.69) is 74.9 Å². The van der Waals surface area contributed by atoms with Crippen LogP contribution in [0.3, 0.4) is 0 Å². The normalized spacial score (nSPS) is 10.5. The predicted octanol–water partition coefficient (Wildman–Crippen LogP) is 5.12. The first-order valence-electron chi connectivity index (χ1n) is 6.91. The summed E-state index contributed by atoms with van der Waals surface area (Å²) in [6, 6.07) is 8.67. The van der Waals surface area contributed by atoms with Gasteiger partial charge < -0.3 is 4.57 Å². The van der Waals surface area contributed by atoms with E-state index < -0.39 is 0 Å². The molecular weight excluding hydrogens is 230 g/mol. The molecule has 19 heavy (non-hydrogen) atoms. The highest BCUT2D eigenvalue weighted by Gasteiger charge is 2.05. The van der Waals surface area contributed by atoms with Gasteiger partial charge in [0.05, 0.1) is 0 Å². The molecule has 1 aromatic carbocycles. The molecule has 100 valence electrons. The fourth-order valence-electron chi connectivity index (χ4n) is 2.23. The molecule has 0 bridgehead atoms. The monoisotopic (exact) mass is 253 g/mol. The molecule has 0 aliphatic rings. The molecule has 1 heteroatoms. The van der Waals surface area contributed by atoms with Crippen LogP contribution < -0.4 is 0 Å². The van der Waals surface area contributed by atoms with Crippen LogP contribution in [0, 0.1) is 0 Å². The van der Waals surface area contributed by atoms with Gasteiger partial charge in [0.2, 0.25) is 0 Å². The van der Waals surface area contributed by atoms with Crippen LogP contribution in [-0.4, -0.2) is 4.57 Å². The second-order valence-electron chi connectivity index (χ2n) is 5.59. The quantitative estimate of drug-likeness (QED) is 0.667. The summed E-state index contributed by atoms with van der Waals surface area (Å²) in [5, 5.41) is 1.38. The number of aromatic nitrogens is 1. The van der Waals surface area contributed by atoms with Gasteiger partial charge in [0.1, 0.15) is 0 Å². The molecule has 0 unspecified atom stereocenters. The van der Waals surface area contributed by atoms with Crippen LogP contribution in [0.25, 0.3) is 10.9 Å². The van der Waals surface area contributed by atoms with E-state index in [1.54, 1.807) is 0 Å². The van der Waals surface area contributed by atoms with Crippen molar-refractivity contribution in [3.05, 3.63) is 59.3 Å². The summed E-state index contributed by atoms with van der Waals surface area (Å²) < 4.78 is 2.34. The number of para-hydroxylation sites is 1. The third-order valence-corrected chi connectivity index (χ3v) is 3.30. The number of hydrogen-bond acceptors (Lipinski definition) is 0. The average molecular weight is 253 g/mol. The fourth-order valence-corrected chi connectivity index (χ4v) is 2.23. The predicted molar refractivity (Wildman–Crippen MR) is 84.5 cm³/mol. The highest BCUT2D eigenvalue weighted by atomic mass is 14.9. The molecule has 0 aliphatic carbocycles. The van der Waals surface area contributed by atoms with Crippen molar-refractivity contribution in [1.29, 1.82) is 0 Å². The van der Waals surface area contributed by atoms with Crippen LogP contribution in [0.2, 0.25) is 0 Å². The van der Waals surface area contributed by atoms with Crippen LogP contribution in [0.1, 0.15) is 33.3 Å². The van der Waals surface area contributed by atoms with Gasteiger partial charge in [0, 0.05) is 23.6 Å². The molecule has 1 nitrogen and oxygen atoms in total. The molecule has 1 aromatic heterocycles. The first-order chi connectivity index (χ1) is 9.08. The Balaban J connectivity index is 2.42. The van der Waals surface area contributed by atoms with Crippen molar-refractivity contribution < 1.29 is 0 Å². The zero-order chi connectivity index (χ0) is 13.8. The van der Waals surface area contributed by atoms with E-state index >= 15 is 0 Å². The highest BCUT2D eigenvalue weighted by molar-refractivity contribution is 5.84. The fraction of sp³-hybridized carbons (Fsp3) is 0.333. The Bertz CT molecular complexity index is 564. The smallest absolute Gasteiger partial charge is 0.0486 e. The Morgan fingerprint density at radius 1 is 1.00 bits per heavy atom. The summed E-state index contributed by atoms with van der Waals surface area (Å²) in [6.45, 7) is 9.56. The molecule has 2 aromatic rings. The highest BCUT2D eigenvalue weighted by Crippen LogP contribution is 2.22. The van der Waals surface area contributed by atoms with E-state index in [0.717, 1.165) is 13.0 Å². The van der Waals surface area contributed by atoms with Crippen LogP contribution >= 0.6 is 0 Å². The minimum atomic E-state index is 0.956. The third kappa shape index (κ3) is 3.37. The molecule has 0 saturated carbocycles. The number of benzene rings is 1. The SMILES string of the molecule is CC(C)=CCc1cn(CC=C(C)C)c2ccccc12. The van der Waals surface area contributed by atoms with Crippen molar-refractivity contribution in [1.82, 2.24) is 4.57 Å². The van der Waals surface area contributed by atoms with Gasteiger partial charge in [0.25, 0.3) is 0 Å². The molecule has 0 N–H and O–H groups in total. The second-order valence-corrected chi connectivity index (χ2v) is 5.59. The summed E-state index contributed by atoms with van der Waals surface area (Å²) in [4.78, 5) is 0. The maximum absolute atomic E-state index is 2.34. The number of nitrogens with zero attached hydrogens (tertiary/aromatic N) is 1. The van der Waals surface area contributed by atoms with Crippen molar-refractivity contribution in [2.75, 3.05) is 0 Å². The summed E-state index contributed by atoms with van der Waals surface area (Å²) in [5.74, 6) is 0. The zero-order valence-electron chi connectivity index (χ0n) is 12.4. The van der Waals surface area contributed by atoms with Crippen molar-refractivity contribution >= 4 is 10.9 Å². The van der Waals surface area contributed by atoms with Gasteiger partial charge in [-0.05, 0) is 45.7 Å².